The molecule has 0 amide bonds. The molecule has 0 bridgehead atoms. The summed E-state index contributed by atoms with van der Waals surface area (Å²) in [5.41, 5.74) is 9.60. The Balaban J connectivity index is 1.98. The smallest absolute Gasteiger partial charge is 0.140 e. The van der Waals surface area contributed by atoms with E-state index in [9.17, 15) is 0 Å². The quantitative estimate of drug-likeness (QED) is 0.516. The average Bonchev–Trinajstić information content (AvgIpc) is 2.90. The second-order valence-electron chi connectivity index (χ2n) is 4.76. The summed E-state index contributed by atoms with van der Waals surface area (Å²) in [6.45, 7) is 0. The highest BCUT2D eigenvalue weighted by atomic mass is 14.9. The number of aromatic nitrogens is 3. The number of hydrogen-bond acceptors (Lipinski definition) is 3. The van der Waals surface area contributed by atoms with Crippen LogP contribution in [0.1, 0.15) is 0 Å². The van der Waals surface area contributed by atoms with Crippen molar-refractivity contribution >= 4 is 27.5 Å². The van der Waals surface area contributed by atoms with Crippen molar-refractivity contribution < 1.29 is 0 Å². The maximum Gasteiger partial charge on any atom is 0.140 e. The molecule has 0 aliphatic rings. The maximum atomic E-state index is 6.16. The molecule has 4 nitrogen and oxygen atoms in total. The maximum absolute atomic E-state index is 6.16. The molecular weight excluding hydrogens is 248 g/mol. The Morgan fingerprint density at radius 1 is 1.00 bits per heavy atom. The van der Waals surface area contributed by atoms with E-state index in [1.165, 1.54) is 0 Å². The van der Waals surface area contributed by atoms with Gasteiger partial charge in [-0.3, -0.25) is 4.98 Å². The zero-order valence-corrected chi connectivity index (χ0v) is 10.7. The van der Waals surface area contributed by atoms with Gasteiger partial charge >= 0.3 is 0 Å². The third-order valence-electron chi connectivity index (χ3n) is 3.46. The minimum atomic E-state index is 0.718. The molecule has 4 heteroatoms. The van der Waals surface area contributed by atoms with Crippen LogP contribution in [0.3, 0.4) is 0 Å². The SMILES string of the molecule is Nc1cc2ccccc2cc1-c1nc2ccncc2[nH]1. The van der Waals surface area contributed by atoms with Crippen LogP contribution in [0.4, 0.5) is 5.69 Å². The molecule has 0 aliphatic heterocycles. The van der Waals surface area contributed by atoms with Gasteiger partial charge in [0.05, 0.1) is 17.2 Å². The molecule has 3 N–H and O–H groups in total. The van der Waals surface area contributed by atoms with Gasteiger partial charge in [-0.05, 0) is 29.0 Å². The van der Waals surface area contributed by atoms with E-state index in [1.807, 2.05) is 24.3 Å². The van der Waals surface area contributed by atoms with Crippen molar-refractivity contribution in [1.82, 2.24) is 15.0 Å². The van der Waals surface area contributed by atoms with Gasteiger partial charge in [0.25, 0.3) is 0 Å². The molecule has 4 aromatic rings. The number of nitrogens with zero attached hydrogens (tertiary/aromatic N) is 2. The van der Waals surface area contributed by atoms with Crippen LogP contribution in [-0.4, -0.2) is 15.0 Å². The monoisotopic (exact) mass is 260 g/mol. The van der Waals surface area contributed by atoms with Crippen molar-refractivity contribution in [3.05, 3.63) is 54.9 Å². The number of rotatable bonds is 1. The van der Waals surface area contributed by atoms with Gasteiger partial charge in [0, 0.05) is 17.4 Å². The molecule has 20 heavy (non-hydrogen) atoms. The Hall–Kier alpha value is -2.88. The van der Waals surface area contributed by atoms with Crippen LogP contribution in [-0.2, 0) is 0 Å². The largest absolute Gasteiger partial charge is 0.398 e. The lowest BCUT2D eigenvalue weighted by Crippen LogP contribution is -1.91. The molecule has 0 spiro atoms. The van der Waals surface area contributed by atoms with Crippen molar-refractivity contribution in [3.8, 4) is 11.4 Å². The van der Waals surface area contributed by atoms with E-state index in [1.54, 1.807) is 12.4 Å². The van der Waals surface area contributed by atoms with E-state index < -0.39 is 0 Å². The number of H-pyrrole nitrogens is 1. The van der Waals surface area contributed by atoms with Gasteiger partial charge in [-0.2, -0.15) is 0 Å². The van der Waals surface area contributed by atoms with E-state index in [0.717, 1.165) is 38.9 Å². The summed E-state index contributed by atoms with van der Waals surface area (Å²) in [4.78, 5) is 11.9. The summed E-state index contributed by atoms with van der Waals surface area (Å²) in [5.74, 6) is 0.774. The second kappa shape index (κ2) is 4.06. The highest BCUT2D eigenvalue weighted by molar-refractivity contribution is 5.93. The Morgan fingerprint density at radius 3 is 2.60 bits per heavy atom. The number of aromatic amines is 1. The number of fused-ring (bicyclic) bond motifs is 2. The summed E-state index contributed by atoms with van der Waals surface area (Å²) < 4.78 is 0. The normalized spacial score (nSPS) is 11.2. The highest BCUT2D eigenvalue weighted by Crippen LogP contribution is 2.29. The van der Waals surface area contributed by atoms with Gasteiger partial charge in [-0.15, -0.1) is 0 Å². The van der Waals surface area contributed by atoms with Crippen molar-refractivity contribution in [2.24, 2.45) is 0 Å². The molecule has 2 aromatic heterocycles. The van der Waals surface area contributed by atoms with E-state index in [0.29, 0.717) is 0 Å². The van der Waals surface area contributed by atoms with Crippen LogP contribution in [0.5, 0.6) is 0 Å². The number of pyridine rings is 1. The lowest BCUT2D eigenvalue weighted by molar-refractivity contribution is 1.33. The van der Waals surface area contributed by atoms with Gasteiger partial charge < -0.3 is 10.7 Å². The Bertz CT molecular complexity index is 891. The third kappa shape index (κ3) is 1.62. The molecule has 96 valence electrons. The fourth-order valence-corrected chi connectivity index (χ4v) is 2.45. The summed E-state index contributed by atoms with van der Waals surface area (Å²) in [7, 11) is 0. The molecule has 0 atom stereocenters. The van der Waals surface area contributed by atoms with Gasteiger partial charge in [-0.25, -0.2) is 4.98 Å². The van der Waals surface area contributed by atoms with Crippen LogP contribution in [0, 0.1) is 0 Å². The topological polar surface area (TPSA) is 67.6 Å². The van der Waals surface area contributed by atoms with Crippen molar-refractivity contribution in [3.63, 3.8) is 0 Å². The first-order valence-corrected chi connectivity index (χ1v) is 6.40. The molecule has 0 saturated carbocycles. The molecule has 0 saturated heterocycles. The predicted molar refractivity (Wildman–Crippen MR) is 81.2 cm³/mol. The fraction of sp³-hybridized carbons (Fsp3) is 0. The molecule has 0 radical (unpaired) electrons. The molecular formula is C16H12N4. The Labute approximate surface area is 115 Å². The summed E-state index contributed by atoms with van der Waals surface area (Å²) >= 11 is 0. The zero-order chi connectivity index (χ0) is 13.5. The van der Waals surface area contributed by atoms with Gasteiger partial charge in [0.1, 0.15) is 5.82 Å². The van der Waals surface area contributed by atoms with Crippen LogP contribution < -0.4 is 5.73 Å². The summed E-state index contributed by atoms with van der Waals surface area (Å²) in [6.07, 6.45) is 3.50. The lowest BCUT2D eigenvalue weighted by Gasteiger charge is -2.05. The standard InChI is InChI=1S/C16H12N4/c17-13-8-11-4-2-1-3-10(11)7-12(13)16-19-14-5-6-18-9-15(14)20-16/h1-9H,17H2,(H,19,20). The Kier molecular flexibility index (Phi) is 2.23. The van der Waals surface area contributed by atoms with Crippen LogP contribution in [0.15, 0.2) is 54.9 Å². The van der Waals surface area contributed by atoms with Crippen molar-refractivity contribution in [2.75, 3.05) is 5.73 Å². The molecule has 2 heterocycles. The first-order chi connectivity index (χ1) is 9.81. The van der Waals surface area contributed by atoms with E-state index in [4.69, 9.17) is 5.73 Å². The number of benzene rings is 2. The number of nitrogens with one attached hydrogen (secondary N) is 1. The van der Waals surface area contributed by atoms with Gasteiger partial charge in [-0.1, -0.05) is 24.3 Å². The third-order valence-corrected chi connectivity index (χ3v) is 3.46. The molecule has 2 aromatic carbocycles. The predicted octanol–water partition coefficient (Wildman–Crippen LogP) is 3.36. The minimum absolute atomic E-state index is 0.718. The fourth-order valence-electron chi connectivity index (χ4n) is 2.45. The first kappa shape index (κ1) is 11.0. The van der Waals surface area contributed by atoms with Crippen molar-refractivity contribution in [2.45, 2.75) is 0 Å². The summed E-state index contributed by atoms with van der Waals surface area (Å²) in [5, 5.41) is 2.28. The van der Waals surface area contributed by atoms with E-state index in [-0.39, 0.29) is 0 Å². The molecule has 0 unspecified atom stereocenters. The number of imidazole rings is 1. The Morgan fingerprint density at radius 2 is 1.80 bits per heavy atom. The van der Waals surface area contributed by atoms with Crippen LogP contribution in [0.25, 0.3) is 33.2 Å². The average molecular weight is 260 g/mol. The number of nitrogens with two attached hydrogens (primary N) is 1. The molecule has 0 aliphatic carbocycles. The summed E-state index contributed by atoms with van der Waals surface area (Å²) in [6, 6.07) is 14.1. The first-order valence-electron chi connectivity index (χ1n) is 6.40. The van der Waals surface area contributed by atoms with Crippen LogP contribution >= 0.6 is 0 Å². The number of nitrogen functional groups attached to an aromatic ring is 1. The van der Waals surface area contributed by atoms with Gasteiger partial charge in [0.2, 0.25) is 0 Å². The zero-order valence-electron chi connectivity index (χ0n) is 10.7. The second-order valence-corrected chi connectivity index (χ2v) is 4.76. The number of hydrogen-bond donors (Lipinski definition) is 2. The van der Waals surface area contributed by atoms with Crippen molar-refractivity contribution in [1.29, 1.82) is 0 Å². The molecule has 0 fully saturated rings. The number of anilines is 1. The minimum Gasteiger partial charge on any atom is -0.398 e. The van der Waals surface area contributed by atoms with Gasteiger partial charge in [0.15, 0.2) is 0 Å². The molecule has 4 rings (SSSR count). The highest BCUT2D eigenvalue weighted by Gasteiger charge is 2.09. The van der Waals surface area contributed by atoms with E-state index in [2.05, 4.69) is 33.2 Å². The van der Waals surface area contributed by atoms with E-state index >= 15 is 0 Å². The lowest BCUT2D eigenvalue weighted by atomic mass is 10.0. The van der Waals surface area contributed by atoms with Crippen LogP contribution in [0.2, 0.25) is 0 Å².